The SMILES string of the molecule is ClCc1nc2cc(Cl)ccc2n1C1CC2CCC1O2. The third-order valence-corrected chi connectivity index (χ3v) is 4.72. The molecule has 100 valence electrons. The summed E-state index contributed by atoms with van der Waals surface area (Å²) in [6.45, 7) is 0. The Morgan fingerprint density at radius 3 is 2.95 bits per heavy atom. The maximum atomic E-state index is 6.07. The first-order valence-corrected chi connectivity index (χ1v) is 7.55. The highest BCUT2D eigenvalue weighted by atomic mass is 35.5. The topological polar surface area (TPSA) is 27.1 Å². The van der Waals surface area contributed by atoms with Crippen LogP contribution in [0.25, 0.3) is 11.0 Å². The number of aromatic nitrogens is 2. The molecule has 3 atom stereocenters. The van der Waals surface area contributed by atoms with Crippen molar-refractivity contribution in [3.05, 3.63) is 29.0 Å². The average Bonchev–Trinajstić information content (AvgIpc) is 3.09. The van der Waals surface area contributed by atoms with Crippen LogP contribution in [0.4, 0.5) is 0 Å². The second-order valence-electron chi connectivity index (χ2n) is 5.34. The van der Waals surface area contributed by atoms with Gasteiger partial charge < -0.3 is 9.30 Å². The predicted molar refractivity (Wildman–Crippen MR) is 75.8 cm³/mol. The van der Waals surface area contributed by atoms with Crippen molar-refractivity contribution in [2.75, 3.05) is 0 Å². The number of hydrogen-bond donors (Lipinski definition) is 0. The molecule has 3 nitrogen and oxygen atoms in total. The Morgan fingerprint density at radius 1 is 1.37 bits per heavy atom. The standard InChI is InChI=1S/C14H14Cl2N2O/c15-7-14-17-10-5-8(16)1-3-11(10)18(14)12-6-9-2-4-13(12)19-9/h1,3,5,9,12-13H,2,4,6-7H2. The van der Waals surface area contributed by atoms with Crippen LogP contribution in [0.2, 0.25) is 5.02 Å². The van der Waals surface area contributed by atoms with Gasteiger partial charge in [-0.2, -0.15) is 0 Å². The Morgan fingerprint density at radius 2 is 2.26 bits per heavy atom. The lowest BCUT2D eigenvalue weighted by atomic mass is 9.95. The predicted octanol–water partition coefficient (Wildman–Crippen LogP) is 3.92. The van der Waals surface area contributed by atoms with Crippen molar-refractivity contribution < 1.29 is 4.74 Å². The summed E-state index contributed by atoms with van der Waals surface area (Å²) in [5.41, 5.74) is 2.03. The molecule has 3 heterocycles. The van der Waals surface area contributed by atoms with Gasteiger partial charge in [0.25, 0.3) is 0 Å². The minimum absolute atomic E-state index is 0.319. The number of imidazole rings is 1. The van der Waals surface area contributed by atoms with Gasteiger partial charge in [0.05, 0.1) is 35.2 Å². The first-order valence-electron chi connectivity index (χ1n) is 6.64. The van der Waals surface area contributed by atoms with Gasteiger partial charge in [-0.05, 0) is 37.5 Å². The molecular formula is C14H14Cl2N2O. The lowest BCUT2D eigenvalue weighted by Crippen LogP contribution is -2.22. The van der Waals surface area contributed by atoms with Gasteiger partial charge in [0, 0.05) is 5.02 Å². The van der Waals surface area contributed by atoms with Gasteiger partial charge in [-0.15, -0.1) is 11.6 Å². The van der Waals surface area contributed by atoms with Crippen molar-refractivity contribution in [2.24, 2.45) is 0 Å². The van der Waals surface area contributed by atoms with E-state index < -0.39 is 0 Å². The fourth-order valence-electron chi connectivity index (χ4n) is 3.47. The molecule has 5 heteroatoms. The maximum absolute atomic E-state index is 6.07. The Labute approximate surface area is 121 Å². The summed E-state index contributed by atoms with van der Waals surface area (Å²) in [4.78, 5) is 4.61. The zero-order valence-corrected chi connectivity index (χ0v) is 11.9. The van der Waals surface area contributed by atoms with Crippen LogP contribution >= 0.6 is 23.2 Å². The third kappa shape index (κ3) is 1.79. The second-order valence-corrected chi connectivity index (χ2v) is 6.05. The Balaban J connectivity index is 1.88. The molecule has 2 saturated heterocycles. The number of hydrogen-bond acceptors (Lipinski definition) is 2. The molecule has 1 aromatic carbocycles. The van der Waals surface area contributed by atoms with Crippen LogP contribution in [-0.4, -0.2) is 21.8 Å². The van der Waals surface area contributed by atoms with Crippen LogP contribution in [-0.2, 0) is 10.6 Å². The Kier molecular flexibility index (Phi) is 2.76. The molecular weight excluding hydrogens is 283 g/mol. The number of ether oxygens (including phenoxy) is 1. The molecule has 2 aliphatic heterocycles. The van der Waals surface area contributed by atoms with Crippen LogP contribution in [0.5, 0.6) is 0 Å². The average molecular weight is 297 g/mol. The molecule has 19 heavy (non-hydrogen) atoms. The fraction of sp³-hybridized carbons (Fsp3) is 0.500. The van der Waals surface area contributed by atoms with Crippen molar-refractivity contribution in [3.63, 3.8) is 0 Å². The first kappa shape index (κ1) is 12.0. The summed E-state index contributed by atoms with van der Waals surface area (Å²) in [7, 11) is 0. The maximum Gasteiger partial charge on any atom is 0.125 e. The Bertz CT molecular complexity index is 640. The Hall–Kier alpha value is -0.770. The van der Waals surface area contributed by atoms with Gasteiger partial charge in [-0.25, -0.2) is 4.98 Å². The van der Waals surface area contributed by atoms with E-state index in [9.17, 15) is 0 Å². The van der Waals surface area contributed by atoms with Gasteiger partial charge in [0.15, 0.2) is 0 Å². The fourth-order valence-corrected chi connectivity index (χ4v) is 3.82. The van der Waals surface area contributed by atoms with Crippen molar-refractivity contribution in [3.8, 4) is 0 Å². The molecule has 2 bridgehead atoms. The van der Waals surface area contributed by atoms with E-state index in [1.54, 1.807) is 0 Å². The molecule has 2 fully saturated rings. The molecule has 4 rings (SSSR count). The van der Waals surface area contributed by atoms with Gasteiger partial charge in [-0.3, -0.25) is 0 Å². The molecule has 0 N–H and O–H groups in total. The van der Waals surface area contributed by atoms with Gasteiger partial charge >= 0.3 is 0 Å². The molecule has 3 unspecified atom stereocenters. The molecule has 0 amide bonds. The van der Waals surface area contributed by atoms with Crippen LogP contribution < -0.4 is 0 Å². The normalized spacial score (nSPS) is 29.5. The van der Waals surface area contributed by atoms with Crippen LogP contribution in [0.1, 0.15) is 31.1 Å². The van der Waals surface area contributed by atoms with Crippen LogP contribution in [0.3, 0.4) is 0 Å². The lowest BCUT2D eigenvalue weighted by molar-refractivity contribution is 0.0940. The number of halogens is 2. The summed E-state index contributed by atoms with van der Waals surface area (Å²) < 4.78 is 8.23. The van der Waals surface area contributed by atoms with Gasteiger partial charge in [0.2, 0.25) is 0 Å². The van der Waals surface area contributed by atoms with E-state index in [0.29, 0.717) is 29.2 Å². The van der Waals surface area contributed by atoms with Gasteiger partial charge in [0.1, 0.15) is 5.82 Å². The van der Waals surface area contributed by atoms with Crippen molar-refractivity contribution >= 4 is 34.2 Å². The van der Waals surface area contributed by atoms with Crippen LogP contribution in [0, 0.1) is 0 Å². The minimum atomic E-state index is 0.319. The largest absolute Gasteiger partial charge is 0.373 e. The van der Waals surface area contributed by atoms with E-state index >= 15 is 0 Å². The molecule has 1 aromatic heterocycles. The molecule has 0 radical (unpaired) electrons. The van der Waals surface area contributed by atoms with E-state index in [2.05, 4.69) is 9.55 Å². The summed E-state index contributed by atoms with van der Waals surface area (Å²) in [6.07, 6.45) is 4.14. The number of fused-ring (bicyclic) bond motifs is 3. The summed E-state index contributed by atoms with van der Waals surface area (Å²) in [5.74, 6) is 1.33. The van der Waals surface area contributed by atoms with Crippen molar-refractivity contribution in [1.82, 2.24) is 9.55 Å². The monoisotopic (exact) mass is 296 g/mol. The quantitative estimate of drug-likeness (QED) is 0.786. The van der Waals surface area contributed by atoms with E-state index in [4.69, 9.17) is 27.9 Å². The zero-order chi connectivity index (χ0) is 13.0. The second kappa shape index (κ2) is 4.37. The zero-order valence-electron chi connectivity index (χ0n) is 10.4. The van der Waals surface area contributed by atoms with Gasteiger partial charge in [-0.1, -0.05) is 11.6 Å². The highest BCUT2D eigenvalue weighted by Gasteiger charge is 2.42. The summed E-state index contributed by atoms with van der Waals surface area (Å²) >= 11 is 12.1. The number of nitrogens with zero attached hydrogens (tertiary/aromatic N) is 2. The van der Waals surface area contributed by atoms with Crippen molar-refractivity contribution in [1.29, 1.82) is 0 Å². The summed E-state index contributed by atoms with van der Waals surface area (Å²) in [6, 6.07) is 6.22. The van der Waals surface area contributed by atoms with E-state index in [0.717, 1.165) is 29.7 Å². The third-order valence-electron chi connectivity index (χ3n) is 4.25. The lowest BCUT2D eigenvalue weighted by Gasteiger charge is -2.22. The van der Waals surface area contributed by atoms with E-state index in [1.165, 1.54) is 6.42 Å². The van der Waals surface area contributed by atoms with Crippen LogP contribution in [0.15, 0.2) is 18.2 Å². The molecule has 0 aliphatic carbocycles. The van der Waals surface area contributed by atoms with Crippen molar-refractivity contribution in [2.45, 2.75) is 43.4 Å². The highest BCUT2D eigenvalue weighted by Crippen LogP contribution is 2.43. The van der Waals surface area contributed by atoms with E-state index in [1.807, 2.05) is 18.2 Å². The molecule has 2 aromatic rings. The highest BCUT2D eigenvalue weighted by molar-refractivity contribution is 6.31. The number of rotatable bonds is 2. The molecule has 0 spiro atoms. The number of benzene rings is 1. The smallest absolute Gasteiger partial charge is 0.125 e. The number of alkyl halides is 1. The first-order chi connectivity index (χ1) is 9.26. The minimum Gasteiger partial charge on any atom is -0.373 e. The summed E-state index contributed by atoms with van der Waals surface area (Å²) in [5, 5.41) is 0.711. The molecule has 0 saturated carbocycles. The molecule has 2 aliphatic rings. The van der Waals surface area contributed by atoms with E-state index in [-0.39, 0.29) is 0 Å².